The monoisotopic (exact) mass is 369 g/mol. The highest BCUT2D eigenvalue weighted by atomic mass is 28.4. The van der Waals surface area contributed by atoms with Gasteiger partial charge >= 0.3 is 14.8 Å². The Balaban J connectivity index is 1.63. The molecular weight excluding hydrogens is 338 g/mol. The van der Waals surface area contributed by atoms with Crippen LogP contribution in [0.15, 0.2) is 12.7 Å². The first kappa shape index (κ1) is 19.0. The van der Waals surface area contributed by atoms with Crippen LogP contribution >= 0.6 is 0 Å². The third-order valence-corrected chi connectivity index (χ3v) is 8.36. The molecule has 25 heavy (non-hydrogen) atoms. The van der Waals surface area contributed by atoms with E-state index in [1.54, 1.807) is 0 Å². The maximum atomic E-state index is 11.2. The van der Waals surface area contributed by atoms with Crippen LogP contribution in [-0.2, 0) is 22.8 Å². The summed E-state index contributed by atoms with van der Waals surface area (Å²) in [5.41, 5.74) is 0. The molecule has 0 radical (unpaired) electrons. The van der Waals surface area contributed by atoms with Crippen LogP contribution in [0.3, 0.4) is 0 Å². The molecule has 7 heteroatoms. The van der Waals surface area contributed by atoms with Gasteiger partial charge in [-0.3, -0.25) is 4.90 Å². The van der Waals surface area contributed by atoms with E-state index in [4.69, 9.17) is 18.0 Å². The predicted molar refractivity (Wildman–Crippen MR) is 96.1 cm³/mol. The summed E-state index contributed by atoms with van der Waals surface area (Å²) in [4.78, 5) is 13.6. The van der Waals surface area contributed by atoms with Gasteiger partial charge in [0.1, 0.15) is 0 Å². The van der Waals surface area contributed by atoms with E-state index < -0.39 is 8.80 Å². The maximum Gasteiger partial charge on any atom is 0.501 e. The van der Waals surface area contributed by atoms with E-state index in [9.17, 15) is 4.79 Å². The van der Waals surface area contributed by atoms with E-state index in [0.29, 0.717) is 38.2 Å². The molecule has 3 aliphatic heterocycles. The first-order valence-electron chi connectivity index (χ1n) is 9.68. The SMILES string of the molecule is C=CC(=O)OCCC[Si]12OCCN(CCO1)CC(C1CCCCC1)O2. The molecular formula is C18H31NO5Si. The molecule has 2 bridgehead atoms. The van der Waals surface area contributed by atoms with Gasteiger partial charge in [-0.25, -0.2) is 4.79 Å². The van der Waals surface area contributed by atoms with Crippen LogP contribution in [0.25, 0.3) is 0 Å². The smallest absolute Gasteiger partial charge is 0.463 e. The van der Waals surface area contributed by atoms with Gasteiger partial charge in [0.2, 0.25) is 0 Å². The van der Waals surface area contributed by atoms with Gasteiger partial charge in [-0.2, -0.15) is 0 Å². The Kier molecular flexibility index (Phi) is 7.06. The van der Waals surface area contributed by atoms with Crippen LogP contribution in [0.2, 0.25) is 6.04 Å². The van der Waals surface area contributed by atoms with Crippen LogP contribution in [0.5, 0.6) is 0 Å². The molecule has 0 amide bonds. The van der Waals surface area contributed by atoms with E-state index in [0.717, 1.165) is 19.6 Å². The third kappa shape index (κ3) is 5.37. The Hall–Kier alpha value is -0.733. The highest BCUT2D eigenvalue weighted by Crippen LogP contribution is 2.33. The molecule has 4 fully saturated rings. The lowest BCUT2D eigenvalue weighted by Crippen LogP contribution is -2.59. The first-order chi connectivity index (χ1) is 12.2. The van der Waals surface area contributed by atoms with Gasteiger partial charge in [0, 0.05) is 31.8 Å². The molecule has 0 spiro atoms. The fourth-order valence-electron chi connectivity index (χ4n) is 4.06. The number of hydrogen-bond acceptors (Lipinski definition) is 6. The van der Waals surface area contributed by atoms with Crippen molar-refractivity contribution in [3.63, 3.8) is 0 Å². The summed E-state index contributed by atoms with van der Waals surface area (Å²) in [7, 11) is -2.70. The van der Waals surface area contributed by atoms with Crippen molar-refractivity contribution in [2.45, 2.75) is 50.7 Å². The standard InChI is InChI=1S/C18H31NO5Si/c1-2-18(20)21-11-6-14-25-22-12-9-19(10-13-23-25)15-17(24-25)16-7-4-3-5-8-16/h2,16-17H,1,3-15H2. The number of nitrogens with zero attached hydrogens (tertiary/aromatic N) is 1. The number of ether oxygens (including phenoxy) is 1. The molecule has 1 aliphatic carbocycles. The lowest BCUT2D eigenvalue weighted by molar-refractivity contribution is -0.137. The molecule has 1 atom stereocenters. The molecule has 0 aromatic carbocycles. The third-order valence-electron chi connectivity index (χ3n) is 5.44. The molecule has 3 heterocycles. The molecule has 4 aliphatic rings. The Morgan fingerprint density at radius 1 is 1.20 bits per heavy atom. The van der Waals surface area contributed by atoms with Crippen LogP contribution in [0.1, 0.15) is 38.5 Å². The summed E-state index contributed by atoms with van der Waals surface area (Å²) in [5, 5.41) is 0. The van der Waals surface area contributed by atoms with Gasteiger partial charge in [-0.1, -0.05) is 25.8 Å². The lowest BCUT2D eigenvalue weighted by Gasteiger charge is -2.44. The normalized spacial score (nSPS) is 33.9. The van der Waals surface area contributed by atoms with E-state index >= 15 is 0 Å². The lowest BCUT2D eigenvalue weighted by atomic mass is 9.85. The van der Waals surface area contributed by atoms with Crippen LogP contribution in [-0.4, -0.2) is 65.2 Å². The topological polar surface area (TPSA) is 57.2 Å². The average molecular weight is 370 g/mol. The van der Waals surface area contributed by atoms with E-state index in [1.165, 1.54) is 38.2 Å². The molecule has 1 saturated carbocycles. The minimum absolute atomic E-state index is 0.211. The van der Waals surface area contributed by atoms with Crippen molar-refractivity contribution in [2.75, 3.05) is 39.5 Å². The number of esters is 1. The summed E-state index contributed by atoms with van der Waals surface area (Å²) >= 11 is 0. The largest absolute Gasteiger partial charge is 0.501 e. The van der Waals surface area contributed by atoms with Crippen LogP contribution in [0.4, 0.5) is 0 Å². The zero-order chi connectivity index (χ0) is 17.5. The van der Waals surface area contributed by atoms with Crippen molar-refractivity contribution in [3.8, 4) is 0 Å². The van der Waals surface area contributed by atoms with Crippen molar-refractivity contribution in [2.24, 2.45) is 5.92 Å². The highest BCUT2D eigenvalue weighted by Gasteiger charge is 2.47. The second-order valence-corrected chi connectivity index (χ2v) is 9.89. The Bertz CT molecular complexity index is 445. The Morgan fingerprint density at radius 2 is 1.92 bits per heavy atom. The van der Waals surface area contributed by atoms with E-state index in [-0.39, 0.29) is 12.1 Å². The molecule has 142 valence electrons. The summed E-state index contributed by atoms with van der Waals surface area (Å²) in [5.74, 6) is 0.234. The van der Waals surface area contributed by atoms with Gasteiger partial charge < -0.3 is 18.0 Å². The van der Waals surface area contributed by atoms with E-state index in [1.807, 2.05) is 0 Å². The molecule has 0 aromatic rings. The van der Waals surface area contributed by atoms with Gasteiger partial charge in [0.15, 0.2) is 0 Å². The van der Waals surface area contributed by atoms with Crippen molar-refractivity contribution in [1.29, 1.82) is 0 Å². The molecule has 0 N–H and O–H groups in total. The minimum atomic E-state index is -2.70. The summed E-state index contributed by atoms with van der Waals surface area (Å²) < 4.78 is 24.1. The Morgan fingerprint density at radius 3 is 2.60 bits per heavy atom. The summed E-state index contributed by atoms with van der Waals surface area (Å²) in [6.45, 7) is 8.01. The second-order valence-electron chi connectivity index (χ2n) is 7.21. The fraction of sp³-hybridized carbons (Fsp3) is 0.833. The zero-order valence-corrected chi connectivity index (χ0v) is 16.1. The van der Waals surface area contributed by atoms with Crippen molar-refractivity contribution in [3.05, 3.63) is 12.7 Å². The molecule has 4 rings (SSSR count). The summed E-state index contributed by atoms with van der Waals surface area (Å²) in [6.07, 6.45) is 8.56. The molecule has 1 unspecified atom stereocenters. The maximum absolute atomic E-state index is 11.2. The van der Waals surface area contributed by atoms with Crippen molar-refractivity contribution >= 4 is 14.8 Å². The number of rotatable bonds is 6. The van der Waals surface area contributed by atoms with Gasteiger partial charge in [-0.05, 0) is 25.2 Å². The quantitative estimate of drug-likeness (QED) is 0.310. The number of carbonyl (C=O) groups is 1. The number of hydrogen-bond donors (Lipinski definition) is 0. The number of fused-ring (bicyclic) bond motifs is 6. The highest BCUT2D eigenvalue weighted by molar-refractivity contribution is 6.60. The van der Waals surface area contributed by atoms with Crippen LogP contribution in [0, 0.1) is 5.92 Å². The average Bonchev–Trinajstić information content (AvgIpc) is 2.59. The predicted octanol–water partition coefficient (Wildman–Crippen LogP) is 2.37. The summed E-state index contributed by atoms with van der Waals surface area (Å²) in [6, 6.07) is 0.709. The molecule has 6 nitrogen and oxygen atoms in total. The number of carbonyl (C=O) groups excluding carboxylic acids is 1. The molecule has 3 saturated heterocycles. The van der Waals surface area contributed by atoms with Crippen LogP contribution < -0.4 is 0 Å². The first-order valence-corrected chi connectivity index (χ1v) is 11.6. The second kappa shape index (κ2) is 9.28. The zero-order valence-electron chi connectivity index (χ0n) is 15.1. The van der Waals surface area contributed by atoms with Gasteiger partial charge in [0.05, 0.1) is 25.9 Å². The molecule has 0 aromatic heterocycles. The van der Waals surface area contributed by atoms with Crippen molar-refractivity contribution in [1.82, 2.24) is 4.90 Å². The minimum Gasteiger partial charge on any atom is -0.463 e. The van der Waals surface area contributed by atoms with Gasteiger partial charge in [0.25, 0.3) is 0 Å². The van der Waals surface area contributed by atoms with Gasteiger partial charge in [-0.15, -0.1) is 0 Å². The fourth-order valence-corrected chi connectivity index (χ4v) is 6.80. The van der Waals surface area contributed by atoms with E-state index in [2.05, 4.69) is 11.5 Å². The Labute approximate surface area is 151 Å². The van der Waals surface area contributed by atoms with Crippen molar-refractivity contribution < 1.29 is 22.8 Å².